The average molecular weight is 565 g/mol. The normalized spacial score (nSPS) is 11.9. The highest BCUT2D eigenvalue weighted by Gasteiger charge is 2.30. The van der Waals surface area contributed by atoms with Gasteiger partial charge in [-0.15, -0.1) is 0 Å². The standard InChI is InChI=1S/C24H21F3N4O2.C7H7F/c1-15(23(32)33-2)20-12-13-28-22-21(16-8-10-17(11-9-16)24(25,26)27)19(30-31(20)22)14-29-18-6-4-3-5-7-18;1-6-3-2-4-7(8)5-6/h3-13,15,29H,14H2,1-2H3;2-5H,1H3. The van der Waals surface area contributed by atoms with Crippen LogP contribution in [0.4, 0.5) is 23.2 Å². The van der Waals surface area contributed by atoms with E-state index in [0.717, 1.165) is 23.4 Å². The van der Waals surface area contributed by atoms with Crippen molar-refractivity contribution in [1.29, 1.82) is 0 Å². The Kier molecular flexibility index (Phi) is 9.01. The third-order valence-corrected chi connectivity index (χ3v) is 6.33. The van der Waals surface area contributed by atoms with Crippen LogP contribution in [0.15, 0.2) is 91.1 Å². The van der Waals surface area contributed by atoms with Crippen molar-refractivity contribution in [2.45, 2.75) is 32.5 Å². The molecule has 2 heterocycles. The van der Waals surface area contributed by atoms with Gasteiger partial charge in [0.2, 0.25) is 0 Å². The molecule has 0 bridgehead atoms. The van der Waals surface area contributed by atoms with Gasteiger partial charge in [0.1, 0.15) is 5.82 Å². The molecule has 0 fully saturated rings. The minimum Gasteiger partial charge on any atom is -0.469 e. The van der Waals surface area contributed by atoms with Crippen LogP contribution in [-0.2, 0) is 22.3 Å². The molecular formula is C31H28F4N4O2. The van der Waals surface area contributed by atoms with Crippen LogP contribution in [0.25, 0.3) is 16.8 Å². The second-order valence-corrected chi connectivity index (χ2v) is 9.27. The molecule has 3 aromatic carbocycles. The summed E-state index contributed by atoms with van der Waals surface area (Å²) in [5, 5.41) is 7.95. The molecule has 0 radical (unpaired) electrons. The Bertz CT molecular complexity index is 1600. The number of para-hydroxylation sites is 1. The fourth-order valence-electron chi connectivity index (χ4n) is 4.23. The van der Waals surface area contributed by atoms with Gasteiger partial charge >= 0.3 is 12.1 Å². The minimum absolute atomic E-state index is 0.162. The van der Waals surface area contributed by atoms with E-state index in [4.69, 9.17) is 4.74 Å². The van der Waals surface area contributed by atoms with E-state index in [9.17, 15) is 22.4 Å². The van der Waals surface area contributed by atoms with E-state index in [-0.39, 0.29) is 5.82 Å². The lowest BCUT2D eigenvalue weighted by molar-refractivity contribution is -0.142. The molecule has 0 saturated heterocycles. The van der Waals surface area contributed by atoms with Gasteiger partial charge in [-0.3, -0.25) is 4.79 Å². The molecule has 0 aliphatic heterocycles. The highest BCUT2D eigenvalue weighted by molar-refractivity contribution is 5.82. The molecule has 0 spiro atoms. The van der Waals surface area contributed by atoms with Gasteiger partial charge in [0.15, 0.2) is 5.65 Å². The van der Waals surface area contributed by atoms with Crippen LogP contribution < -0.4 is 5.32 Å². The van der Waals surface area contributed by atoms with Gasteiger partial charge in [0.25, 0.3) is 0 Å². The lowest BCUT2D eigenvalue weighted by Crippen LogP contribution is -2.15. The third kappa shape index (κ3) is 7.08. The number of ether oxygens (including phenoxy) is 1. The SMILES string of the molecule is COC(=O)C(C)c1ccnc2c(-c3ccc(C(F)(F)F)cc3)c(CNc3ccccc3)nn12.Cc1cccc(F)c1. The van der Waals surface area contributed by atoms with E-state index >= 15 is 0 Å². The number of alkyl halides is 3. The Morgan fingerprint density at radius 3 is 2.29 bits per heavy atom. The lowest BCUT2D eigenvalue weighted by Gasteiger charge is -2.11. The number of benzene rings is 3. The molecule has 10 heteroatoms. The second kappa shape index (κ2) is 12.6. The first-order valence-electron chi connectivity index (χ1n) is 12.7. The monoisotopic (exact) mass is 564 g/mol. The van der Waals surface area contributed by atoms with Gasteiger partial charge in [0.05, 0.1) is 42.1 Å². The van der Waals surface area contributed by atoms with Gasteiger partial charge in [-0.1, -0.05) is 42.5 Å². The van der Waals surface area contributed by atoms with Crippen molar-refractivity contribution in [3.63, 3.8) is 0 Å². The molecular weight excluding hydrogens is 536 g/mol. The highest BCUT2D eigenvalue weighted by Crippen LogP contribution is 2.34. The quantitative estimate of drug-likeness (QED) is 0.172. The number of carbonyl (C=O) groups excluding carboxylic acids is 1. The number of rotatable bonds is 6. The highest BCUT2D eigenvalue weighted by atomic mass is 19.4. The number of aromatic nitrogens is 3. The van der Waals surface area contributed by atoms with Crippen LogP contribution in [0.1, 0.15) is 35.4 Å². The molecule has 41 heavy (non-hydrogen) atoms. The molecule has 0 amide bonds. The summed E-state index contributed by atoms with van der Waals surface area (Å²) in [6.45, 7) is 3.86. The van der Waals surface area contributed by atoms with Crippen LogP contribution in [0.3, 0.4) is 0 Å². The maximum atomic E-state index is 13.1. The van der Waals surface area contributed by atoms with Crippen LogP contribution in [0, 0.1) is 12.7 Å². The molecule has 5 aromatic rings. The molecule has 0 saturated carbocycles. The van der Waals surface area contributed by atoms with Crippen LogP contribution in [0.2, 0.25) is 0 Å². The van der Waals surface area contributed by atoms with Crippen molar-refractivity contribution in [3.05, 3.63) is 119 Å². The Hall–Kier alpha value is -4.73. The molecule has 2 aromatic heterocycles. The van der Waals surface area contributed by atoms with Crippen molar-refractivity contribution < 1.29 is 27.1 Å². The summed E-state index contributed by atoms with van der Waals surface area (Å²) in [5.74, 6) is -1.21. The number of methoxy groups -OCH3 is 1. The number of nitrogens with zero attached hydrogens (tertiary/aromatic N) is 3. The maximum absolute atomic E-state index is 13.1. The number of hydrogen-bond acceptors (Lipinski definition) is 5. The van der Waals surface area contributed by atoms with Crippen molar-refractivity contribution in [1.82, 2.24) is 14.6 Å². The van der Waals surface area contributed by atoms with Crippen LogP contribution >= 0.6 is 0 Å². The number of hydrogen-bond donors (Lipinski definition) is 1. The number of halogens is 4. The molecule has 5 rings (SSSR count). The Labute approximate surface area is 234 Å². The summed E-state index contributed by atoms with van der Waals surface area (Å²) < 4.78 is 57.8. The predicted octanol–water partition coefficient (Wildman–Crippen LogP) is 7.44. The average Bonchev–Trinajstić information content (AvgIpc) is 3.34. The molecule has 212 valence electrons. The van der Waals surface area contributed by atoms with Crippen LogP contribution in [-0.4, -0.2) is 27.7 Å². The summed E-state index contributed by atoms with van der Waals surface area (Å²) in [6.07, 6.45) is -2.88. The zero-order chi connectivity index (χ0) is 29.6. The fourth-order valence-corrected chi connectivity index (χ4v) is 4.23. The molecule has 0 aliphatic carbocycles. The Morgan fingerprint density at radius 1 is 1.00 bits per heavy atom. The number of anilines is 1. The van der Waals surface area contributed by atoms with Crippen molar-refractivity contribution in [3.8, 4) is 11.1 Å². The number of esters is 1. The third-order valence-electron chi connectivity index (χ3n) is 6.33. The molecule has 1 N–H and O–H groups in total. The Balaban J connectivity index is 0.000000417. The first-order chi connectivity index (χ1) is 19.6. The van der Waals surface area contributed by atoms with E-state index in [0.29, 0.717) is 34.7 Å². The van der Waals surface area contributed by atoms with Crippen LogP contribution in [0.5, 0.6) is 0 Å². The lowest BCUT2D eigenvalue weighted by atomic mass is 10.0. The number of fused-ring (bicyclic) bond motifs is 1. The molecule has 0 aliphatic rings. The second-order valence-electron chi connectivity index (χ2n) is 9.27. The minimum atomic E-state index is -4.43. The summed E-state index contributed by atoms with van der Waals surface area (Å²) in [5.41, 5.74) is 3.80. The first kappa shape index (κ1) is 29.3. The summed E-state index contributed by atoms with van der Waals surface area (Å²) in [4.78, 5) is 16.6. The van der Waals surface area contributed by atoms with E-state index in [1.165, 1.54) is 31.4 Å². The van der Waals surface area contributed by atoms with Gasteiger partial charge in [0, 0.05) is 11.9 Å². The number of carbonyl (C=O) groups is 1. The van der Waals surface area contributed by atoms with E-state index in [2.05, 4.69) is 15.4 Å². The van der Waals surface area contributed by atoms with Gasteiger partial charge < -0.3 is 10.1 Å². The van der Waals surface area contributed by atoms with Gasteiger partial charge in [-0.05, 0) is 67.4 Å². The first-order valence-corrected chi connectivity index (χ1v) is 12.7. The Morgan fingerprint density at radius 2 is 1.71 bits per heavy atom. The summed E-state index contributed by atoms with van der Waals surface area (Å²) >= 11 is 0. The summed E-state index contributed by atoms with van der Waals surface area (Å²) in [6, 6.07) is 22.5. The molecule has 1 atom stereocenters. The summed E-state index contributed by atoms with van der Waals surface area (Å²) in [7, 11) is 1.31. The van der Waals surface area contributed by atoms with Gasteiger partial charge in [-0.2, -0.15) is 18.3 Å². The van der Waals surface area contributed by atoms with E-state index in [1.807, 2.05) is 43.3 Å². The fraction of sp³-hybridized carbons (Fsp3) is 0.194. The molecule has 1 unspecified atom stereocenters. The van der Waals surface area contributed by atoms with E-state index in [1.54, 1.807) is 29.8 Å². The predicted molar refractivity (Wildman–Crippen MR) is 149 cm³/mol. The van der Waals surface area contributed by atoms with Crippen molar-refractivity contribution in [2.75, 3.05) is 12.4 Å². The zero-order valence-corrected chi connectivity index (χ0v) is 22.6. The van der Waals surface area contributed by atoms with Crippen molar-refractivity contribution in [2.24, 2.45) is 0 Å². The maximum Gasteiger partial charge on any atom is 0.416 e. The smallest absolute Gasteiger partial charge is 0.416 e. The topological polar surface area (TPSA) is 68.5 Å². The largest absolute Gasteiger partial charge is 0.469 e. The van der Waals surface area contributed by atoms with Gasteiger partial charge in [-0.25, -0.2) is 13.9 Å². The zero-order valence-electron chi connectivity index (χ0n) is 22.6. The number of nitrogens with one attached hydrogen (secondary N) is 1. The molecule has 6 nitrogen and oxygen atoms in total. The van der Waals surface area contributed by atoms with Crippen molar-refractivity contribution >= 4 is 17.3 Å². The van der Waals surface area contributed by atoms with E-state index < -0.39 is 23.6 Å². The number of aryl methyl sites for hydroxylation is 1.